The van der Waals surface area contributed by atoms with Crippen molar-refractivity contribution in [3.63, 3.8) is 0 Å². The molecule has 2 heterocycles. The number of methoxy groups -OCH3 is 1. The minimum absolute atomic E-state index is 0.0454. The summed E-state index contributed by atoms with van der Waals surface area (Å²) in [6.45, 7) is 0. The Labute approximate surface area is 154 Å². The summed E-state index contributed by atoms with van der Waals surface area (Å²) in [4.78, 5) is 27.8. The summed E-state index contributed by atoms with van der Waals surface area (Å²) in [6, 6.07) is 8.89. The van der Waals surface area contributed by atoms with Crippen molar-refractivity contribution in [3.05, 3.63) is 57.9 Å². The Kier molecular flexibility index (Phi) is 5.00. The lowest BCUT2D eigenvalue weighted by Crippen LogP contribution is -2.41. The van der Waals surface area contributed by atoms with Crippen LogP contribution in [0.4, 0.5) is 13.2 Å². The highest BCUT2D eigenvalue weighted by Gasteiger charge is 2.34. The third kappa shape index (κ3) is 3.85. The van der Waals surface area contributed by atoms with Crippen molar-refractivity contribution in [1.29, 1.82) is 0 Å². The fourth-order valence-electron chi connectivity index (χ4n) is 2.30. The van der Waals surface area contributed by atoms with E-state index in [1.165, 1.54) is 12.5 Å². The number of amides is 2. The second kappa shape index (κ2) is 7.23. The molecule has 0 spiro atoms. The van der Waals surface area contributed by atoms with Crippen LogP contribution >= 0.6 is 11.3 Å². The lowest BCUT2D eigenvalue weighted by Gasteiger charge is -2.10. The molecule has 27 heavy (non-hydrogen) atoms. The average molecular weight is 395 g/mol. The number of rotatable bonds is 3. The van der Waals surface area contributed by atoms with Gasteiger partial charge in [0.1, 0.15) is 16.3 Å². The second-order valence-electron chi connectivity index (χ2n) is 5.31. The summed E-state index contributed by atoms with van der Waals surface area (Å²) in [5.41, 5.74) is 3.38. The van der Waals surface area contributed by atoms with Crippen LogP contribution in [0.25, 0.3) is 10.9 Å². The smallest absolute Gasteiger partial charge is 0.433 e. The number of ether oxygens (including phenoxy) is 1. The van der Waals surface area contributed by atoms with Gasteiger partial charge in [-0.05, 0) is 12.1 Å². The zero-order valence-corrected chi connectivity index (χ0v) is 14.6. The average Bonchev–Trinajstić information content (AvgIpc) is 3.09. The van der Waals surface area contributed by atoms with Gasteiger partial charge in [0.2, 0.25) is 0 Å². The number of alkyl halides is 3. The molecule has 3 rings (SSSR count). The van der Waals surface area contributed by atoms with Gasteiger partial charge in [-0.15, -0.1) is 11.3 Å². The van der Waals surface area contributed by atoms with Crippen molar-refractivity contribution in [2.45, 2.75) is 6.18 Å². The Hall–Kier alpha value is -3.14. The number of hydrogen-bond acceptors (Lipinski definition) is 5. The molecule has 2 aromatic heterocycles. The van der Waals surface area contributed by atoms with Gasteiger partial charge >= 0.3 is 6.18 Å². The highest BCUT2D eigenvalue weighted by molar-refractivity contribution is 7.13. The quantitative estimate of drug-likeness (QED) is 0.666. The number of nitrogens with one attached hydrogen (secondary N) is 2. The minimum Gasteiger partial charge on any atom is -0.496 e. The maximum atomic E-state index is 13.0. The topological polar surface area (TPSA) is 80.3 Å². The largest absolute Gasteiger partial charge is 0.496 e. The van der Waals surface area contributed by atoms with E-state index in [4.69, 9.17) is 4.74 Å². The fraction of sp³-hybridized carbons (Fsp3) is 0.118. The van der Waals surface area contributed by atoms with Gasteiger partial charge in [-0.3, -0.25) is 20.4 Å². The lowest BCUT2D eigenvalue weighted by molar-refractivity contribution is -0.141. The minimum atomic E-state index is -4.70. The maximum absolute atomic E-state index is 13.0. The first kappa shape index (κ1) is 18.6. The number of halogens is 3. The van der Waals surface area contributed by atoms with Gasteiger partial charge < -0.3 is 4.74 Å². The Morgan fingerprint density at radius 2 is 1.78 bits per heavy atom. The molecule has 0 aliphatic heterocycles. The molecule has 10 heteroatoms. The molecule has 6 nitrogen and oxygen atoms in total. The van der Waals surface area contributed by atoms with Crippen LogP contribution in [0.5, 0.6) is 5.75 Å². The normalized spacial score (nSPS) is 11.3. The summed E-state index contributed by atoms with van der Waals surface area (Å²) in [5.74, 6) is -1.39. The van der Waals surface area contributed by atoms with Crippen LogP contribution in [0.2, 0.25) is 0 Å². The molecule has 0 saturated carbocycles. The molecule has 0 aliphatic rings. The third-order valence-electron chi connectivity index (χ3n) is 3.57. The highest BCUT2D eigenvalue weighted by Crippen LogP contribution is 2.37. The first-order chi connectivity index (χ1) is 12.8. The molecule has 1 aromatic carbocycles. The molecule has 0 unspecified atom stereocenters. The number of carbonyl (C=O) groups is 2. The van der Waals surface area contributed by atoms with Crippen LogP contribution in [0.1, 0.15) is 25.7 Å². The van der Waals surface area contributed by atoms with Crippen LogP contribution in [0, 0.1) is 0 Å². The van der Waals surface area contributed by atoms with Crippen molar-refractivity contribution in [3.8, 4) is 5.75 Å². The number of aromatic nitrogens is 1. The summed E-state index contributed by atoms with van der Waals surface area (Å²) in [6.07, 6.45) is -4.70. The molecule has 2 N–H and O–H groups in total. The van der Waals surface area contributed by atoms with Crippen molar-refractivity contribution in [1.82, 2.24) is 15.8 Å². The number of nitrogens with zero attached hydrogens (tertiary/aromatic N) is 1. The van der Waals surface area contributed by atoms with Gasteiger partial charge in [-0.2, -0.15) is 13.2 Å². The standard InChI is InChI=1S/C17H12F3N3O3S/c1-26-11-7-12(17(18,19)20)21-13-10(11)8-27-14(13)16(25)23-22-15(24)9-5-3-2-4-6-9/h2-8H,1H3,(H,22,24)(H,23,25). The summed E-state index contributed by atoms with van der Waals surface area (Å²) in [5, 5.41) is 1.74. The zero-order chi connectivity index (χ0) is 19.6. The summed E-state index contributed by atoms with van der Waals surface area (Å²) in [7, 11) is 1.23. The van der Waals surface area contributed by atoms with Crippen molar-refractivity contribution < 1.29 is 27.5 Å². The van der Waals surface area contributed by atoms with E-state index in [9.17, 15) is 22.8 Å². The first-order valence-corrected chi connectivity index (χ1v) is 8.38. The number of carbonyl (C=O) groups excluding carboxylic acids is 2. The SMILES string of the molecule is COc1cc(C(F)(F)F)nc2c(C(=O)NNC(=O)c3ccccc3)scc12. The fourth-order valence-corrected chi connectivity index (χ4v) is 3.19. The Balaban J connectivity index is 1.87. The molecule has 3 aromatic rings. The van der Waals surface area contributed by atoms with Gasteiger partial charge in [0.05, 0.1) is 18.0 Å². The first-order valence-electron chi connectivity index (χ1n) is 7.50. The Bertz CT molecular complexity index is 1000. The number of thiophene rings is 1. The molecule has 0 bridgehead atoms. The van der Waals surface area contributed by atoms with E-state index >= 15 is 0 Å². The van der Waals surface area contributed by atoms with Crippen LogP contribution in [-0.4, -0.2) is 23.9 Å². The molecular formula is C17H12F3N3O3S. The molecule has 0 atom stereocenters. The zero-order valence-electron chi connectivity index (χ0n) is 13.8. The molecule has 2 amide bonds. The van der Waals surface area contributed by atoms with Crippen molar-refractivity contribution >= 4 is 34.1 Å². The summed E-state index contributed by atoms with van der Waals surface area (Å²) >= 11 is 0.894. The van der Waals surface area contributed by atoms with Crippen LogP contribution in [0.3, 0.4) is 0 Å². The van der Waals surface area contributed by atoms with E-state index in [1.54, 1.807) is 30.3 Å². The number of hydrazine groups is 1. The number of fused-ring (bicyclic) bond motifs is 1. The predicted octanol–water partition coefficient (Wildman–Crippen LogP) is 3.40. The highest BCUT2D eigenvalue weighted by atomic mass is 32.1. The number of hydrogen-bond donors (Lipinski definition) is 2. The number of benzene rings is 1. The van der Waals surface area contributed by atoms with E-state index in [1.807, 2.05) is 0 Å². The molecule has 0 radical (unpaired) electrons. The van der Waals surface area contributed by atoms with Crippen LogP contribution in [-0.2, 0) is 6.18 Å². The predicted molar refractivity (Wildman–Crippen MR) is 92.5 cm³/mol. The van der Waals surface area contributed by atoms with Gasteiger partial charge in [0.25, 0.3) is 11.8 Å². The van der Waals surface area contributed by atoms with E-state index in [2.05, 4.69) is 15.8 Å². The summed E-state index contributed by atoms with van der Waals surface area (Å²) < 4.78 is 44.1. The van der Waals surface area contributed by atoms with Crippen molar-refractivity contribution in [2.75, 3.05) is 7.11 Å². The van der Waals surface area contributed by atoms with Crippen molar-refractivity contribution in [2.24, 2.45) is 0 Å². The third-order valence-corrected chi connectivity index (χ3v) is 4.54. The van der Waals surface area contributed by atoms with Gasteiger partial charge in [0, 0.05) is 17.0 Å². The van der Waals surface area contributed by atoms with Gasteiger partial charge in [-0.25, -0.2) is 4.98 Å². The van der Waals surface area contributed by atoms with Crippen LogP contribution < -0.4 is 15.6 Å². The van der Waals surface area contributed by atoms with Gasteiger partial charge in [-0.1, -0.05) is 18.2 Å². The molecule has 0 aliphatic carbocycles. The van der Waals surface area contributed by atoms with E-state index in [-0.39, 0.29) is 21.5 Å². The molecular weight excluding hydrogens is 383 g/mol. The van der Waals surface area contributed by atoms with Gasteiger partial charge in [0.15, 0.2) is 0 Å². The monoisotopic (exact) mass is 395 g/mol. The maximum Gasteiger partial charge on any atom is 0.433 e. The lowest BCUT2D eigenvalue weighted by atomic mass is 10.2. The molecule has 0 saturated heterocycles. The Morgan fingerprint density at radius 1 is 1.11 bits per heavy atom. The second-order valence-corrected chi connectivity index (χ2v) is 6.19. The van der Waals surface area contributed by atoms with Crippen LogP contribution in [0.15, 0.2) is 41.8 Å². The van der Waals surface area contributed by atoms with E-state index < -0.39 is 23.7 Å². The van der Waals surface area contributed by atoms with E-state index in [0.29, 0.717) is 5.56 Å². The number of pyridine rings is 1. The van der Waals surface area contributed by atoms with E-state index in [0.717, 1.165) is 17.4 Å². The molecule has 0 fully saturated rings. The molecule has 140 valence electrons. The Morgan fingerprint density at radius 3 is 2.41 bits per heavy atom.